The molecule has 3 aromatic heterocycles. The molecule has 0 saturated heterocycles. The Balaban J connectivity index is 1.63. The van der Waals surface area contributed by atoms with Gasteiger partial charge in [0.1, 0.15) is 0 Å². The number of ketones is 1. The molecule has 146 valence electrons. The number of nitriles is 1. The average molecular weight is 397 g/mol. The minimum atomic E-state index is -0.757. The fourth-order valence-corrected chi connectivity index (χ4v) is 3.26. The quantitative estimate of drug-likeness (QED) is 0.234. The number of aromatic nitrogens is 2. The molecule has 0 radical (unpaired) electrons. The number of fused-ring (bicyclic) bond motifs is 1. The van der Waals surface area contributed by atoms with Crippen molar-refractivity contribution in [2.45, 2.75) is 6.42 Å². The van der Waals surface area contributed by atoms with Crippen LogP contribution in [0.2, 0.25) is 0 Å². The van der Waals surface area contributed by atoms with Gasteiger partial charge in [0.05, 0.1) is 28.4 Å². The van der Waals surface area contributed by atoms with Gasteiger partial charge in [-0.1, -0.05) is 18.2 Å². The van der Waals surface area contributed by atoms with Crippen LogP contribution in [0.4, 0.5) is 5.69 Å². The van der Waals surface area contributed by atoms with Gasteiger partial charge in [-0.05, 0) is 35.9 Å². The zero-order valence-corrected chi connectivity index (χ0v) is 15.8. The van der Waals surface area contributed by atoms with Crippen LogP contribution in [0.15, 0.2) is 79.3 Å². The molecule has 0 atom stereocenters. The van der Waals surface area contributed by atoms with Gasteiger partial charge in [0, 0.05) is 35.2 Å². The number of nitrogens with one attached hydrogen (secondary N) is 1. The second-order valence-corrected chi connectivity index (χ2v) is 6.74. The molecular formula is C23H17N4O3+. The third-order valence-corrected chi connectivity index (χ3v) is 4.75. The molecule has 0 saturated carbocycles. The highest BCUT2D eigenvalue weighted by Gasteiger charge is 2.22. The van der Waals surface area contributed by atoms with Gasteiger partial charge < -0.3 is 9.72 Å². The molecule has 0 fully saturated rings. The number of benzene rings is 1. The fraction of sp³-hybridized carbons (Fsp3) is 0.0435. The first-order valence-corrected chi connectivity index (χ1v) is 9.19. The van der Waals surface area contributed by atoms with Crippen molar-refractivity contribution in [1.29, 1.82) is 5.26 Å². The van der Waals surface area contributed by atoms with Gasteiger partial charge >= 0.3 is 0 Å². The number of hydrogen-bond acceptors (Lipinski definition) is 4. The number of rotatable bonds is 5. The summed E-state index contributed by atoms with van der Waals surface area (Å²) in [5.74, 6) is -1.41. The van der Waals surface area contributed by atoms with Crippen molar-refractivity contribution in [2.75, 3.05) is 5.32 Å². The highest BCUT2D eigenvalue weighted by molar-refractivity contribution is 6.47. The summed E-state index contributed by atoms with van der Waals surface area (Å²) in [7, 11) is 0. The predicted octanol–water partition coefficient (Wildman–Crippen LogP) is 2.75. The maximum Gasteiger partial charge on any atom is 0.296 e. The summed E-state index contributed by atoms with van der Waals surface area (Å²) < 4.78 is 2.73. The van der Waals surface area contributed by atoms with Crippen molar-refractivity contribution in [1.82, 2.24) is 4.40 Å². The smallest absolute Gasteiger partial charge is 0.296 e. The van der Waals surface area contributed by atoms with Crippen LogP contribution >= 0.6 is 0 Å². The molecule has 0 spiro atoms. The highest BCUT2D eigenvalue weighted by Crippen LogP contribution is 2.21. The van der Waals surface area contributed by atoms with Crippen LogP contribution in [-0.4, -0.2) is 21.3 Å². The predicted molar refractivity (Wildman–Crippen MR) is 108 cm³/mol. The van der Waals surface area contributed by atoms with E-state index in [1.807, 2.05) is 34.9 Å². The summed E-state index contributed by atoms with van der Waals surface area (Å²) in [6.07, 6.45) is 5.09. The van der Waals surface area contributed by atoms with E-state index < -0.39 is 11.7 Å². The average Bonchev–Trinajstić information content (AvgIpc) is 3.14. The topological polar surface area (TPSA) is 98.5 Å². The number of carbonyl (C=O) groups is 2. The number of nitrogens with zero attached hydrogens (tertiary/aromatic N) is 3. The molecule has 0 aliphatic rings. The fourth-order valence-electron chi connectivity index (χ4n) is 3.26. The number of pyridine rings is 2. The number of Topliss-reactive ketones (excluding diaryl/α,β-unsaturated/α-hetero) is 1. The van der Waals surface area contributed by atoms with Crippen molar-refractivity contribution in [3.63, 3.8) is 0 Å². The third-order valence-electron chi connectivity index (χ3n) is 4.75. The van der Waals surface area contributed by atoms with Crippen LogP contribution in [0.3, 0.4) is 0 Å². The summed E-state index contributed by atoms with van der Waals surface area (Å²) in [5, 5.41) is 20.8. The van der Waals surface area contributed by atoms with Crippen LogP contribution in [0.5, 0.6) is 0 Å². The highest BCUT2D eigenvalue weighted by atomic mass is 16.5. The molecule has 1 amide bonds. The Morgan fingerprint density at radius 1 is 1.07 bits per heavy atom. The molecule has 1 aromatic carbocycles. The van der Waals surface area contributed by atoms with E-state index in [9.17, 15) is 14.8 Å². The largest absolute Gasteiger partial charge is 0.320 e. The standard InChI is InChI=1S/C23H16N4O3/c24-15-17-6-4-16(5-7-17)13-19-14-20(21-3-1-2-10-27(19)21)22(28)23(29)25-18-8-11-26(30)12-9-18/h1-12,14,30H,13H2/p+1. The molecule has 0 aliphatic heterocycles. The second kappa shape index (κ2) is 7.89. The van der Waals surface area contributed by atoms with E-state index in [0.29, 0.717) is 28.8 Å². The minimum Gasteiger partial charge on any atom is -0.320 e. The van der Waals surface area contributed by atoms with E-state index in [1.165, 1.54) is 24.5 Å². The molecule has 0 aliphatic carbocycles. The van der Waals surface area contributed by atoms with Gasteiger partial charge in [-0.25, -0.2) is 0 Å². The van der Waals surface area contributed by atoms with E-state index in [0.717, 1.165) is 16.0 Å². The molecule has 3 heterocycles. The van der Waals surface area contributed by atoms with Crippen molar-refractivity contribution in [3.05, 3.63) is 102 Å². The zero-order valence-electron chi connectivity index (χ0n) is 15.8. The van der Waals surface area contributed by atoms with Crippen molar-refractivity contribution < 1.29 is 19.5 Å². The SMILES string of the molecule is N#Cc1ccc(Cc2cc(C(=O)C(=O)Nc3cc[n+](O)cc3)c3ccccn23)cc1. The Morgan fingerprint density at radius 3 is 2.50 bits per heavy atom. The van der Waals surface area contributed by atoms with Crippen LogP contribution in [-0.2, 0) is 11.2 Å². The lowest BCUT2D eigenvalue weighted by atomic mass is 10.1. The third kappa shape index (κ3) is 3.75. The Kier molecular flexibility index (Phi) is 4.97. The maximum atomic E-state index is 12.9. The Labute approximate surface area is 172 Å². The Bertz CT molecular complexity index is 1280. The Hall–Kier alpha value is -4.44. The van der Waals surface area contributed by atoms with Crippen LogP contribution in [0.1, 0.15) is 27.2 Å². The molecule has 0 unspecified atom stereocenters. The first-order valence-electron chi connectivity index (χ1n) is 9.19. The number of carbonyl (C=O) groups excluding carboxylic acids is 2. The van der Waals surface area contributed by atoms with E-state index in [-0.39, 0.29) is 0 Å². The summed E-state index contributed by atoms with van der Waals surface area (Å²) in [5.41, 5.74) is 3.78. The first-order chi connectivity index (χ1) is 14.5. The molecule has 30 heavy (non-hydrogen) atoms. The zero-order chi connectivity index (χ0) is 21.1. The molecule has 7 nitrogen and oxygen atoms in total. The van der Waals surface area contributed by atoms with Gasteiger partial charge in [-0.15, -0.1) is 0 Å². The summed E-state index contributed by atoms with van der Waals surface area (Å²) in [6, 6.07) is 19.5. The lowest BCUT2D eigenvalue weighted by Crippen LogP contribution is -2.29. The second-order valence-electron chi connectivity index (χ2n) is 6.74. The van der Waals surface area contributed by atoms with Gasteiger partial charge in [0.25, 0.3) is 11.7 Å². The molecule has 4 aromatic rings. The van der Waals surface area contributed by atoms with E-state index >= 15 is 0 Å². The summed E-state index contributed by atoms with van der Waals surface area (Å²) in [6.45, 7) is 0. The monoisotopic (exact) mass is 397 g/mol. The summed E-state index contributed by atoms with van der Waals surface area (Å²) >= 11 is 0. The van der Waals surface area contributed by atoms with Crippen LogP contribution in [0, 0.1) is 11.3 Å². The molecule has 0 bridgehead atoms. The minimum absolute atomic E-state index is 0.310. The normalized spacial score (nSPS) is 10.5. The van der Waals surface area contributed by atoms with E-state index in [2.05, 4.69) is 11.4 Å². The first kappa shape index (κ1) is 18.9. The van der Waals surface area contributed by atoms with E-state index in [4.69, 9.17) is 5.26 Å². The van der Waals surface area contributed by atoms with Gasteiger partial charge in [-0.3, -0.25) is 14.8 Å². The maximum absolute atomic E-state index is 12.9. The lowest BCUT2D eigenvalue weighted by Gasteiger charge is -2.03. The van der Waals surface area contributed by atoms with Crippen LogP contribution < -0.4 is 10.0 Å². The molecule has 7 heteroatoms. The van der Waals surface area contributed by atoms with Crippen molar-refractivity contribution in [2.24, 2.45) is 0 Å². The Morgan fingerprint density at radius 2 is 1.80 bits per heavy atom. The van der Waals surface area contributed by atoms with Crippen molar-refractivity contribution >= 4 is 22.9 Å². The lowest BCUT2D eigenvalue weighted by molar-refractivity contribution is -0.904. The summed E-state index contributed by atoms with van der Waals surface area (Å²) in [4.78, 5) is 25.4. The molecular weight excluding hydrogens is 380 g/mol. The van der Waals surface area contributed by atoms with Gasteiger partial charge in [0.15, 0.2) is 0 Å². The van der Waals surface area contributed by atoms with E-state index in [1.54, 1.807) is 24.3 Å². The van der Waals surface area contributed by atoms with Gasteiger partial charge in [-0.2, -0.15) is 5.26 Å². The van der Waals surface area contributed by atoms with Crippen LogP contribution in [0.25, 0.3) is 5.52 Å². The number of hydrogen-bond donors (Lipinski definition) is 2. The molecule has 4 rings (SSSR count). The molecule has 2 N–H and O–H groups in total. The number of anilines is 1. The van der Waals surface area contributed by atoms with Gasteiger partial charge in [0.2, 0.25) is 12.4 Å². The van der Waals surface area contributed by atoms with Crippen molar-refractivity contribution in [3.8, 4) is 6.07 Å². The number of amides is 1.